The third-order valence-electron chi connectivity index (χ3n) is 5.49. The van der Waals surface area contributed by atoms with E-state index >= 15 is 0 Å². The second kappa shape index (κ2) is 12.0. The summed E-state index contributed by atoms with van der Waals surface area (Å²) in [4.78, 5) is 12.5. The number of rotatable bonds is 11. The molecule has 0 aromatic heterocycles. The van der Waals surface area contributed by atoms with Crippen molar-refractivity contribution in [2.45, 2.75) is 38.5 Å². The highest BCUT2D eigenvalue weighted by molar-refractivity contribution is 7.64. The third-order valence-corrected chi connectivity index (χ3v) is 8.07. The van der Waals surface area contributed by atoms with Gasteiger partial charge in [0.05, 0.1) is 24.9 Å². The first-order valence-corrected chi connectivity index (χ1v) is 12.7. The molecule has 2 N–H and O–H groups in total. The van der Waals surface area contributed by atoms with Crippen molar-refractivity contribution < 1.29 is 41.7 Å². The normalized spacial score (nSPS) is 17.9. The average molecular weight is 516 g/mol. The van der Waals surface area contributed by atoms with E-state index in [1.807, 2.05) is 6.92 Å². The molecule has 0 bridgehead atoms. The Hall–Kier alpha value is -2.43. The van der Waals surface area contributed by atoms with E-state index in [4.69, 9.17) is 14.0 Å². The van der Waals surface area contributed by atoms with Crippen LogP contribution in [0.15, 0.2) is 48.5 Å². The fourth-order valence-electron chi connectivity index (χ4n) is 3.76. The van der Waals surface area contributed by atoms with E-state index in [1.54, 1.807) is 29.7 Å². The zero-order valence-electron chi connectivity index (χ0n) is 19.2. The molecule has 2 aromatic carbocycles. The van der Waals surface area contributed by atoms with Crippen molar-refractivity contribution in [3.05, 3.63) is 59.7 Å². The first kappa shape index (κ1) is 27.2. The molecule has 0 fully saturated rings. The van der Waals surface area contributed by atoms with Crippen molar-refractivity contribution in [2.75, 3.05) is 26.4 Å². The van der Waals surface area contributed by atoms with Crippen LogP contribution < -0.4 is 15.5 Å². The molecular weight excluding hydrogens is 488 g/mol. The predicted molar refractivity (Wildman–Crippen MR) is 122 cm³/mol. The summed E-state index contributed by atoms with van der Waals surface area (Å²) in [6, 6.07) is 11.9. The van der Waals surface area contributed by atoms with Crippen LogP contribution in [0.3, 0.4) is 0 Å². The lowest BCUT2D eigenvalue weighted by Gasteiger charge is -2.39. The number of hydrogen-bond donors (Lipinski definition) is 2. The summed E-state index contributed by atoms with van der Waals surface area (Å²) in [5.74, 6) is -0.390. The van der Waals surface area contributed by atoms with Crippen LogP contribution in [0.4, 0.5) is 13.2 Å². The molecule has 0 saturated carbocycles. The smallest absolute Gasteiger partial charge is 0.391 e. The van der Waals surface area contributed by atoms with Gasteiger partial charge in [-0.1, -0.05) is 24.3 Å². The number of ether oxygens (including phenoxy) is 2. The lowest BCUT2D eigenvalue weighted by Crippen LogP contribution is -2.49. The molecule has 2 atom stereocenters. The fraction of sp³-hybridized carbons (Fsp3) is 0.435. The van der Waals surface area contributed by atoms with Gasteiger partial charge in [0.25, 0.3) is 5.91 Å². The van der Waals surface area contributed by atoms with Gasteiger partial charge in [-0.05, 0) is 48.7 Å². The van der Waals surface area contributed by atoms with Crippen LogP contribution in [0.2, 0.25) is 0 Å². The fourth-order valence-corrected chi connectivity index (χ4v) is 6.11. The summed E-state index contributed by atoms with van der Waals surface area (Å²) in [6.45, 7) is 2.18. The zero-order chi connectivity index (χ0) is 25.5. The lowest BCUT2D eigenvalue weighted by molar-refractivity contribution is -0.140. The van der Waals surface area contributed by atoms with Gasteiger partial charge in [-0.25, -0.2) is 10.2 Å². The van der Waals surface area contributed by atoms with Crippen LogP contribution in [-0.2, 0) is 31.6 Å². The Balaban J connectivity index is 1.94. The molecule has 3 rings (SSSR count). The predicted octanol–water partition coefficient (Wildman–Crippen LogP) is 3.82. The van der Waals surface area contributed by atoms with E-state index < -0.39 is 38.7 Å². The average Bonchev–Trinajstić information content (AvgIpc) is 2.84. The van der Waals surface area contributed by atoms with E-state index in [0.717, 1.165) is 11.1 Å². The Morgan fingerprint density at radius 2 is 1.80 bits per heavy atom. The Kier molecular flexibility index (Phi) is 9.32. The molecule has 1 aliphatic heterocycles. The minimum atomic E-state index is -4.51. The van der Waals surface area contributed by atoms with Crippen LogP contribution in [0.25, 0.3) is 0 Å². The van der Waals surface area contributed by atoms with E-state index in [9.17, 15) is 27.7 Å². The minimum Gasteiger partial charge on any atom is -0.491 e. The maximum Gasteiger partial charge on any atom is 0.391 e. The van der Waals surface area contributed by atoms with E-state index in [-0.39, 0.29) is 24.9 Å². The molecule has 1 aliphatic rings. The highest BCUT2D eigenvalue weighted by Crippen LogP contribution is 2.54. The van der Waals surface area contributed by atoms with Gasteiger partial charge in [0.15, 0.2) is 0 Å². The molecule has 8 nitrogen and oxygen atoms in total. The van der Waals surface area contributed by atoms with E-state index in [1.165, 1.54) is 28.9 Å². The number of halogens is 3. The van der Waals surface area contributed by atoms with Gasteiger partial charge in [0.2, 0.25) is 0 Å². The molecule has 12 heteroatoms. The topological polar surface area (TPSA) is 97.3 Å². The maximum absolute atomic E-state index is 14.3. The summed E-state index contributed by atoms with van der Waals surface area (Å²) < 4.78 is 70.3. The monoisotopic (exact) mass is 516 g/mol. The number of amides is 1. The lowest BCUT2D eigenvalue weighted by atomic mass is 9.95. The van der Waals surface area contributed by atoms with Gasteiger partial charge >= 0.3 is 13.7 Å². The molecule has 2 aromatic rings. The molecule has 192 valence electrons. The molecule has 35 heavy (non-hydrogen) atoms. The second-order valence-electron chi connectivity index (χ2n) is 7.82. The Morgan fingerprint density at radius 3 is 2.43 bits per heavy atom. The number of benzene rings is 2. The SMILES string of the molecule is CCOCCOc1ccc(P(=O)(OCCC(F)(F)F)N2Cc3ccccc3C[C@@H]2C(=O)NO)cc1. The van der Waals surface area contributed by atoms with Crippen molar-refractivity contribution in [3.8, 4) is 5.75 Å². The number of nitrogens with one attached hydrogen (secondary N) is 1. The van der Waals surface area contributed by atoms with Gasteiger partial charge in [-0.2, -0.15) is 13.2 Å². The second-order valence-corrected chi connectivity index (χ2v) is 10.1. The summed E-state index contributed by atoms with van der Waals surface area (Å²) in [7, 11) is -4.19. The number of carbonyl (C=O) groups excluding carboxylic acids is 1. The number of hydroxylamine groups is 1. The van der Waals surface area contributed by atoms with Crippen LogP contribution >= 0.6 is 7.52 Å². The highest BCUT2D eigenvalue weighted by Gasteiger charge is 2.45. The molecule has 1 unspecified atom stereocenters. The number of hydrogen-bond acceptors (Lipinski definition) is 6. The minimum absolute atomic E-state index is 0.0236. The molecule has 0 spiro atoms. The van der Waals surface area contributed by atoms with Crippen molar-refractivity contribution in [1.82, 2.24) is 10.2 Å². The third kappa shape index (κ3) is 7.05. The molecular formula is C23H28F3N2O6P. The van der Waals surface area contributed by atoms with Crippen molar-refractivity contribution >= 4 is 18.7 Å². The first-order valence-electron chi connectivity index (χ1n) is 11.1. The van der Waals surface area contributed by atoms with Gasteiger partial charge < -0.3 is 14.0 Å². The van der Waals surface area contributed by atoms with E-state index in [2.05, 4.69) is 0 Å². The van der Waals surface area contributed by atoms with Crippen LogP contribution in [-0.4, -0.2) is 54.4 Å². The summed E-state index contributed by atoms with van der Waals surface area (Å²) >= 11 is 0. The van der Waals surface area contributed by atoms with Crippen LogP contribution in [0, 0.1) is 0 Å². The standard InChI is InChI=1S/C23H28F3N2O6P/c1-2-32-13-14-33-19-7-9-20(10-8-19)35(31,34-12-11-23(24,25)26)28-16-18-6-4-3-5-17(18)15-21(28)22(29)27-30/h3-10,21,30H,2,11-16H2,1H3,(H,27,29)/t21-,35?/m1/s1. The zero-order valence-corrected chi connectivity index (χ0v) is 20.1. The Morgan fingerprint density at radius 1 is 1.11 bits per heavy atom. The van der Waals surface area contributed by atoms with Crippen LogP contribution in [0.1, 0.15) is 24.5 Å². The quantitative estimate of drug-likeness (QED) is 0.203. The van der Waals surface area contributed by atoms with Crippen molar-refractivity contribution in [2.24, 2.45) is 0 Å². The molecule has 1 heterocycles. The number of nitrogens with zero attached hydrogens (tertiary/aromatic N) is 1. The summed E-state index contributed by atoms with van der Waals surface area (Å²) in [5.41, 5.74) is 3.13. The largest absolute Gasteiger partial charge is 0.491 e. The van der Waals surface area contributed by atoms with Gasteiger partial charge in [-0.15, -0.1) is 0 Å². The van der Waals surface area contributed by atoms with Crippen molar-refractivity contribution in [3.63, 3.8) is 0 Å². The molecule has 1 amide bonds. The molecule has 0 radical (unpaired) electrons. The van der Waals surface area contributed by atoms with Gasteiger partial charge in [0, 0.05) is 13.2 Å². The first-order chi connectivity index (χ1) is 16.7. The number of fused-ring (bicyclic) bond motifs is 1. The van der Waals surface area contributed by atoms with Crippen LogP contribution in [0.5, 0.6) is 5.75 Å². The molecule has 0 aliphatic carbocycles. The Labute approximate surface area is 201 Å². The summed E-state index contributed by atoms with van der Waals surface area (Å²) in [5, 5.41) is 9.40. The molecule has 0 saturated heterocycles. The highest BCUT2D eigenvalue weighted by atomic mass is 31.2. The summed E-state index contributed by atoms with van der Waals surface area (Å²) in [6.07, 6.45) is -5.73. The van der Waals surface area contributed by atoms with Crippen molar-refractivity contribution in [1.29, 1.82) is 0 Å². The number of carbonyl (C=O) groups is 1. The maximum atomic E-state index is 14.3. The number of alkyl halides is 3. The Bertz CT molecular complexity index is 1030. The van der Waals surface area contributed by atoms with E-state index in [0.29, 0.717) is 19.0 Å². The van der Waals surface area contributed by atoms with Gasteiger partial charge in [0.1, 0.15) is 18.4 Å². The van der Waals surface area contributed by atoms with Gasteiger partial charge in [-0.3, -0.25) is 14.6 Å².